The highest BCUT2D eigenvalue weighted by Crippen LogP contribution is 2.53. The number of aryl methyl sites for hydroxylation is 1. The predicted octanol–water partition coefficient (Wildman–Crippen LogP) is 4.80. The lowest BCUT2D eigenvalue weighted by atomic mass is 9.67. The fourth-order valence-corrected chi connectivity index (χ4v) is 5.65. The Morgan fingerprint density at radius 1 is 0.917 bits per heavy atom. The summed E-state index contributed by atoms with van der Waals surface area (Å²) in [5, 5.41) is 18.0. The van der Waals surface area contributed by atoms with Gasteiger partial charge in [0.25, 0.3) is 5.89 Å². The molecule has 1 saturated carbocycles. The third-order valence-corrected chi connectivity index (χ3v) is 7.30. The zero-order valence-corrected chi connectivity index (χ0v) is 20.0. The molecule has 3 aliphatic rings. The van der Waals surface area contributed by atoms with Crippen LogP contribution in [0.15, 0.2) is 53.1 Å². The molecular weight excluding hydrogens is 454 g/mol. The second-order valence-corrected chi connectivity index (χ2v) is 9.68. The van der Waals surface area contributed by atoms with Crippen LogP contribution in [-0.2, 0) is 13.0 Å². The van der Waals surface area contributed by atoms with E-state index >= 15 is 0 Å². The van der Waals surface area contributed by atoms with E-state index in [9.17, 15) is 0 Å². The van der Waals surface area contributed by atoms with Crippen molar-refractivity contribution in [1.82, 2.24) is 34.9 Å². The summed E-state index contributed by atoms with van der Waals surface area (Å²) in [7, 11) is 0. The van der Waals surface area contributed by atoms with Crippen LogP contribution in [0.2, 0.25) is 0 Å². The molecule has 1 fully saturated rings. The van der Waals surface area contributed by atoms with E-state index in [4.69, 9.17) is 14.4 Å². The fourth-order valence-electron chi connectivity index (χ4n) is 5.65. The first kappa shape index (κ1) is 21.2. The van der Waals surface area contributed by atoms with Gasteiger partial charge in [-0.15, -0.1) is 15.3 Å². The third kappa shape index (κ3) is 3.62. The van der Waals surface area contributed by atoms with Crippen molar-refractivity contribution < 1.29 is 9.26 Å². The monoisotopic (exact) mass is 479 g/mol. The lowest BCUT2D eigenvalue weighted by Crippen LogP contribution is -2.25. The number of hydrogen-bond acceptors (Lipinski definition) is 8. The molecule has 36 heavy (non-hydrogen) atoms. The summed E-state index contributed by atoms with van der Waals surface area (Å²) in [5.74, 6) is 2.81. The molecule has 0 saturated heterocycles. The standard InChI is InChI=1S/C27H25N7O2/c1-16-6-5-9-20(28-16)15-35-26-23-19-12-10-18(11-13-19)22(23)24-30-31-25(34(24)32-26)27-29-21(33-36-27)14-17-7-3-2-4-8-17/h2-9,18-19H,10-15H2,1H3. The molecule has 5 aromatic rings. The van der Waals surface area contributed by atoms with Crippen molar-refractivity contribution in [2.75, 3.05) is 0 Å². The zero-order valence-electron chi connectivity index (χ0n) is 20.0. The Bertz CT molecular complexity index is 1550. The van der Waals surface area contributed by atoms with Gasteiger partial charge in [-0.05, 0) is 62.1 Å². The van der Waals surface area contributed by atoms with Crippen molar-refractivity contribution >= 4 is 5.65 Å². The molecule has 0 aliphatic heterocycles. The molecule has 0 amide bonds. The molecule has 0 atom stereocenters. The van der Waals surface area contributed by atoms with Gasteiger partial charge in [0, 0.05) is 23.2 Å². The van der Waals surface area contributed by atoms with E-state index < -0.39 is 0 Å². The van der Waals surface area contributed by atoms with Crippen molar-refractivity contribution in [2.24, 2.45) is 0 Å². The summed E-state index contributed by atoms with van der Waals surface area (Å²) in [6, 6.07) is 16.0. The van der Waals surface area contributed by atoms with Gasteiger partial charge < -0.3 is 9.26 Å². The van der Waals surface area contributed by atoms with Gasteiger partial charge in [0.1, 0.15) is 6.61 Å². The minimum Gasteiger partial charge on any atom is -0.470 e. The Morgan fingerprint density at radius 2 is 1.72 bits per heavy atom. The van der Waals surface area contributed by atoms with Crippen LogP contribution in [0.25, 0.3) is 17.4 Å². The van der Waals surface area contributed by atoms with Crippen molar-refractivity contribution in [3.05, 3.63) is 82.4 Å². The van der Waals surface area contributed by atoms with Gasteiger partial charge in [0.15, 0.2) is 11.5 Å². The zero-order chi connectivity index (χ0) is 24.1. The highest BCUT2D eigenvalue weighted by atomic mass is 16.5. The summed E-state index contributed by atoms with van der Waals surface area (Å²) in [5.41, 5.74) is 6.11. The lowest BCUT2D eigenvalue weighted by molar-refractivity contribution is 0.264. The summed E-state index contributed by atoms with van der Waals surface area (Å²) in [6.07, 6.45) is 5.19. The maximum absolute atomic E-state index is 6.33. The molecule has 1 aromatic carbocycles. The molecule has 8 rings (SSSR count). The molecular formula is C27H25N7O2. The number of aromatic nitrogens is 7. The summed E-state index contributed by atoms with van der Waals surface area (Å²) in [6.45, 7) is 2.33. The molecule has 0 spiro atoms. The molecule has 9 nitrogen and oxygen atoms in total. The highest BCUT2D eigenvalue weighted by Gasteiger charge is 2.39. The van der Waals surface area contributed by atoms with Crippen molar-refractivity contribution in [1.29, 1.82) is 0 Å². The van der Waals surface area contributed by atoms with E-state index in [0.717, 1.165) is 48.3 Å². The maximum atomic E-state index is 6.33. The van der Waals surface area contributed by atoms with Gasteiger partial charge in [-0.25, -0.2) is 0 Å². The predicted molar refractivity (Wildman–Crippen MR) is 131 cm³/mol. The largest absolute Gasteiger partial charge is 0.470 e. The van der Waals surface area contributed by atoms with E-state index in [1.54, 1.807) is 4.52 Å². The van der Waals surface area contributed by atoms with E-state index in [2.05, 4.69) is 25.3 Å². The number of benzene rings is 1. The molecule has 2 bridgehead atoms. The maximum Gasteiger partial charge on any atom is 0.297 e. The average molecular weight is 480 g/mol. The second-order valence-electron chi connectivity index (χ2n) is 9.68. The fraction of sp³-hybridized carbons (Fsp3) is 0.333. The first-order valence-corrected chi connectivity index (χ1v) is 12.4. The second kappa shape index (κ2) is 8.51. The summed E-state index contributed by atoms with van der Waals surface area (Å²) >= 11 is 0. The molecule has 180 valence electrons. The Hall–Kier alpha value is -4.14. The first-order chi connectivity index (χ1) is 17.7. The topological polar surface area (TPSA) is 104 Å². The molecule has 0 radical (unpaired) electrons. The Morgan fingerprint density at radius 3 is 2.53 bits per heavy atom. The van der Waals surface area contributed by atoms with Crippen molar-refractivity contribution in [3.63, 3.8) is 0 Å². The van der Waals surface area contributed by atoms with E-state index in [1.165, 1.54) is 11.1 Å². The number of rotatable bonds is 6. The molecule has 9 heteroatoms. The van der Waals surface area contributed by atoms with Gasteiger partial charge in [-0.1, -0.05) is 41.6 Å². The van der Waals surface area contributed by atoms with Crippen molar-refractivity contribution in [2.45, 2.75) is 57.5 Å². The molecule has 3 aliphatic carbocycles. The van der Waals surface area contributed by atoms with Crippen LogP contribution in [0.1, 0.15) is 71.4 Å². The molecule has 0 unspecified atom stereocenters. The molecule has 0 N–H and O–H groups in total. The Labute approximate surface area is 207 Å². The van der Waals surface area contributed by atoms with Gasteiger partial charge >= 0.3 is 0 Å². The number of pyridine rings is 1. The van der Waals surface area contributed by atoms with Crippen LogP contribution in [0, 0.1) is 6.92 Å². The van der Waals surface area contributed by atoms with Crippen LogP contribution in [0.4, 0.5) is 0 Å². The molecule has 4 heterocycles. The Kier molecular flexibility index (Phi) is 5.00. The van der Waals surface area contributed by atoms with Gasteiger partial charge in [-0.2, -0.15) is 9.50 Å². The lowest BCUT2D eigenvalue weighted by Gasteiger charge is -2.38. The van der Waals surface area contributed by atoms with Crippen LogP contribution in [0.5, 0.6) is 5.88 Å². The van der Waals surface area contributed by atoms with Gasteiger partial charge in [0.2, 0.25) is 11.7 Å². The van der Waals surface area contributed by atoms with E-state index in [-0.39, 0.29) is 0 Å². The number of fused-ring (bicyclic) bond motifs is 3. The average Bonchev–Trinajstić information content (AvgIpc) is 3.55. The Balaban J connectivity index is 1.29. The third-order valence-electron chi connectivity index (χ3n) is 7.30. The number of ether oxygens (including phenoxy) is 1. The van der Waals surface area contributed by atoms with E-state index in [0.29, 0.717) is 48.3 Å². The van der Waals surface area contributed by atoms with Gasteiger partial charge in [-0.3, -0.25) is 4.98 Å². The van der Waals surface area contributed by atoms with Crippen LogP contribution >= 0.6 is 0 Å². The summed E-state index contributed by atoms with van der Waals surface area (Å²) in [4.78, 5) is 9.18. The minimum absolute atomic E-state index is 0.299. The SMILES string of the molecule is Cc1cccc(COc2nn3c(-c4nc(Cc5ccccc5)no4)nnc3c3c2C2CCC3CC2)n1. The normalized spacial score (nSPS) is 18.5. The van der Waals surface area contributed by atoms with Crippen LogP contribution in [-0.4, -0.2) is 34.9 Å². The molecule has 4 aromatic heterocycles. The highest BCUT2D eigenvalue weighted by molar-refractivity contribution is 5.62. The first-order valence-electron chi connectivity index (χ1n) is 12.4. The van der Waals surface area contributed by atoms with Crippen molar-refractivity contribution in [3.8, 4) is 17.6 Å². The number of nitrogens with zero attached hydrogens (tertiary/aromatic N) is 7. The smallest absolute Gasteiger partial charge is 0.297 e. The quantitative estimate of drug-likeness (QED) is 0.342. The van der Waals surface area contributed by atoms with E-state index in [1.807, 2.05) is 55.5 Å². The minimum atomic E-state index is 0.299. The van der Waals surface area contributed by atoms with Crippen LogP contribution in [0.3, 0.4) is 0 Å². The van der Waals surface area contributed by atoms with Crippen LogP contribution < -0.4 is 4.74 Å². The number of hydrogen-bond donors (Lipinski definition) is 0. The van der Waals surface area contributed by atoms with Gasteiger partial charge in [0.05, 0.1) is 5.69 Å². The summed E-state index contributed by atoms with van der Waals surface area (Å²) < 4.78 is 13.7.